The maximum absolute atomic E-state index is 8.34. The first-order valence-electron chi connectivity index (χ1n) is 4.55. The van der Waals surface area contributed by atoms with Crippen molar-refractivity contribution < 1.29 is 4.74 Å². The highest BCUT2D eigenvalue weighted by Gasteiger charge is 1.95. The van der Waals surface area contributed by atoms with Crippen LogP contribution in [0, 0.1) is 11.3 Å². The SMILES string of the molecule is CC(C)Oc1ccc(C=CC#N)cc1. The van der Waals surface area contributed by atoms with Crippen LogP contribution in [0.5, 0.6) is 5.75 Å². The maximum atomic E-state index is 8.34. The van der Waals surface area contributed by atoms with Gasteiger partial charge in [-0.3, -0.25) is 0 Å². The Morgan fingerprint density at radius 1 is 1.29 bits per heavy atom. The topological polar surface area (TPSA) is 33.0 Å². The molecule has 1 aromatic rings. The van der Waals surface area contributed by atoms with Gasteiger partial charge in [-0.1, -0.05) is 12.1 Å². The van der Waals surface area contributed by atoms with Gasteiger partial charge in [-0.25, -0.2) is 0 Å². The summed E-state index contributed by atoms with van der Waals surface area (Å²) >= 11 is 0. The zero-order valence-corrected chi connectivity index (χ0v) is 8.40. The molecule has 0 heterocycles. The van der Waals surface area contributed by atoms with Crippen molar-refractivity contribution in [1.29, 1.82) is 5.26 Å². The summed E-state index contributed by atoms with van der Waals surface area (Å²) in [6, 6.07) is 9.60. The van der Waals surface area contributed by atoms with Crippen LogP contribution in [-0.4, -0.2) is 6.10 Å². The van der Waals surface area contributed by atoms with Crippen LogP contribution in [-0.2, 0) is 0 Å². The average molecular weight is 187 g/mol. The Balaban J connectivity index is 2.69. The standard InChI is InChI=1S/C12H13NO/c1-10(2)14-12-7-5-11(6-8-12)4-3-9-13/h3-8,10H,1-2H3. The van der Waals surface area contributed by atoms with E-state index >= 15 is 0 Å². The molecule has 72 valence electrons. The molecular formula is C12H13NO. The van der Waals surface area contributed by atoms with Crippen molar-refractivity contribution in [2.24, 2.45) is 0 Å². The molecule has 1 aromatic carbocycles. The smallest absolute Gasteiger partial charge is 0.119 e. The minimum absolute atomic E-state index is 0.190. The molecule has 2 nitrogen and oxygen atoms in total. The molecule has 0 aromatic heterocycles. The van der Waals surface area contributed by atoms with Crippen molar-refractivity contribution in [3.63, 3.8) is 0 Å². The molecule has 0 radical (unpaired) electrons. The third-order valence-corrected chi connectivity index (χ3v) is 1.60. The van der Waals surface area contributed by atoms with Crippen LogP contribution in [0.4, 0.5) is 0 Å². The van der Waals surface area contributed by atoms with Gasteiger partial charge in [0, 0.05) is 6.08 Å². The highest BCUT2D eigenvalue weighted by atomic mass is 16.5. The summed E-state index contributed by atoms with van der Waals surface area (Å²) in [6.07, 6.45) is 3.41. The van der Waals surface area contributed by atoms with Crippen molar-refractivity contribution in [3.8, 4) is 11.8 Å². The molecule has 2 heteroatoms. The van der Waals surface area contributed by atoms with Gasteiger partial charge in [0.25, 0.3) is 0 Å². The predicted octanol–water partition coefficient (Wildman–Crippen LogP) is 3.01. The quantitative estimate of drug-likeness (QED) is 0.681. The van der Waals surface area contributed by atoms with E-state index in [1.807, 2.05) is 44.2 Å². The predicted molar refractivity (Wildman–Crippen MR) is 56.9 cm³/mol. The monoisotopic (exact) mass is 187 g/mol. The summed E-state index contributed by atoms with van der Waals surface area (Å²) in [5.74, 6) is 0.856. The lowest BCUT2D eigenvalue weighted by atomic mass is 10.2. The van der Waals surface area contributed by atoms with Crippen molar-refractivity contribution in [2.75, 3.05) is 0 Å². The van der Waals surface area contributed by atoms with Gasteiger partial charge in [-0.15, -0.1) is 0 Å². The van der Waals surface area contributed by atoms with Crippen LogP contribution in [0.25, 0.3) is 6.08 Å². The second-order valence-electron chi connectivity index (χ2n) is 3.20. The number of nitriles is 1. The Morgan fingerprint density at radius 2 is 1.93 bits per heavy atom. The molecular weight excluding hydrogens is 174 g/mol. The van der Waals surface area contributed by atoms with Gasteiger partial charge in [-0.2, -0.15) is 5.26 Å². The second-order valence-corrected chi connectivity index (χ2v) is 3.20. The molecule has 0 spiro atoms. The molecule has 0 aliphatic heterocycles. The Bertz CT molecular complexity index is 344. The lowest BCUT2D eigenvalue weighted by Crippen LogP contribution is -2.05. The molecule has 0 saturated heterocycles. The molecule has 0 aliphatic carbocycles. The largest absolute Gasteiger partial charge is 0.491 e. The fraction of sp³-hybridized carbons (Fsp3) is 0.250. The Kier molecular flexibility index (Phi) is 3.75. The van der Waals surface area contributed by atoms with E-state index in [1.54, 1.807) is 6.08 Å². The maximum Gasteiger partial charge on any atom is 0.119 e. The van der Waals surface area contributed by atoms with Gasteiger partial charge < -0.3 is 4.74 Å². The number of allylic oxidation sites excluding steroid dienone is 1. The lowest BCUT2D eigenvalue weighted by molar-refractivity contribution is 0.242. The molecule has 1 rings (SSSR count). The average Bonchev–Trinajstić information content (AvgIpc) is 2.16. The van der Waals surface area contributed by atoms with Crippen LogP contribution in [0.3, 0.4) is 0 Å². The number of rotatable bonds is 3. The zero-order valence-electron chi connectivity index (χ0n) is 8.40. The summed E-state index contributed by atoms with van der Waals surface area (Å²) < 4.78 is 5.48. The van der Waals surface area contributed by atoms with Gasteiger partial charge in [0.15, 0.2) is 0 Å². The van der Waals surface area contributed by atoms with Crippen LogP contribution in [0.15, 0.2) is 30.3 Å². The van der Waals surface area contributed by atoms with Gasteiger partial charge >= 0.3 is 0 Å². The Labute approximate surface area is 84.4 Å². The van der Waals surface area contributed by atoms with E-state index in [2.05, 4.69) is 0 Å². The van der Waals surface area contributed by atoms with E-state index < -0.39 is 0 Å². The molecule has 0 bridgehead atoms. The summed E-state index contributed by atoms with van der Waals surface area (Å²) in [4.78, 5) is 0. The summed E-state index contributed by atoms with van der Waals surface area (Å²) in [5, 5.41) is 8.34. The number of ether oxygens (including phenoxy) is 1. The zero-order chi connectivity index (χ0) is 10.4. The molecule has 0 N–H and O–H groups in total. The van der Waals surface area contributed by atoms with Crippen molar-refractivity contribution >= 4 is 6.08 Å². The van der Waals surface area contributed by atoms with Crippen LogP contribution < -0.4 is 4.74 Å². The van der Waals surface area contributed by atoms with Crippen LogP contribution in [0.1, 0.15) is 19.4 Å². The fourth-order valence-corrected chi connectivity index (χ4v) is 1.06. The highest BCUT2D eigenvalue weighted by molar-refractivity contribution is 5.52. The third kappa shape index (κ3) is 3.32. The van der Waals surface area contributed by atoms with Gasteiger partial charge in [0.05, 0.1) is 12.2 Å². The minimum Gasteiger partial charge on any atom is -0.491 e. The van der Waals surface area contributed by atoms with Gasteiger partial charge in [0.1, 0.15) is 5.75 Å². The molecule has 0 unspecified atom stereocenters. The molecule has 0 saturated carbocycles. The van der Waals surface area contributed by atoms with Gasteiger partial charge in [0.2, 0.25) is 0 Å². The van der Waals surface area contributed by atoms with Crippen LogP contribution in [0.2, 0.25) is 0 Å². The molecule has 14 heavy (non-hydrogen) atoms. The van der Waals surface area contributed by atoms with Crippen molar-refractivity contribution in [3.05, 3.63) is 35.9 Å². The Hall–Kier alpha value is -1.75. The Morgan fingerprint density at radius 3 is 2.43 bits per heavy atom. The summed E-state index contributed by atoms with van der Waals surface area (Å²) in [7, 11) is 0. The summed E-state index contributed by atoms with van der Waals surface area (Å²) in [6.45, 7) is 3.98. The number of hydrogen-bond donors (Lipinski definition) is 0. The highest BCUT2D eigenvalue weighted by Crippen LogP contribution is 2.14. The number of benzene rings is 1. The molecule has 0 amide bonds. The van der Waals surface area contributed by atoms with E-state index in [0.717, 1.165) is 11.3 Å². The van der Waals surface area contributed by atoms with Crippen molar-refractivity contribution in [1.82, 2.24) is 0 Å². The van der Waals surface area contributed by atoms with Gasteiger partial charge in [-0.05, 0) is 37.6 Å². The minimum atomic E-state index is 0.190. The first-order chi connectivity index (χ1) is 6.72. The van der Waals surface area contributed by atoms with E-state index in [4.69, 9.17) is 10.00 Å². The number of nitrogens with zero attached hydrogens (tertiary/aromatic N) is 1. The molecule has 0 aliphatic rings. The molecule has 0 atom stereocenters. The van der Waals surface area contributed by atoms with E-state index in [0.29, 0.717) is 0 Å². The first kappa shape index (κ1) is 10.3. The second kappa shape index (κ2) is 5.08. The van der Waals surface area contributed by atoms with E-state index in [1.165, 1.54) is 6.08 Å². The lowest BCUT2D eigenvalue weighted by Gasteiger charge is -2.08. The summed E-state index contributed by atoms with van der Waals surface area (Å²) in [5.41, 5.74) is 1.00. The van der Waals surface area contributed by atoms with E-state index in [-0.39, 0.29) is 6.10 Å². The normalized spacial score (nSPS) is 10.4. The van der Waals surface area contributed by atoms with E-state index in [9.17, 15) is 0 Å². The third-order valence-electron chi connectivity index (χ3n) is 1.60. The van der Waals surface area contributed by atoms with Crippen molar-refractivity contribution in [2.45, 2.75) is 20.0 Å². The number of hydrogen-bond acceptors (Lipinski definition) is 2. The first-order valence-corrected chi connectivity index (χ1v) is 4.55. The van der Waals surface area contributed by atoms with Crippen LogP contribution >= 0.6 is 0 Å². The molecule has 0 fully saturated rings. The fourth-order valence-electron chi connectivity index (χ4n) is 1.06.